The molecule has 2 aromatic carbocycles. The predicted molar refractivity (Wildman–Crippen MR) is 133 cm³/mol. The summed E-state index contributed by atoms with van der Waals surface area (Å²) < 4.78 is 38.4. The summed E-state index contributed by atoms with van der Waals surface area (Å²) in [5.74, 6) is -1.69. The number of carbonyl (C=O) groups excluding carboxylic acids is 3. The van der Waals surface area contributed by atoms with Crippen molar-refractivity contribution in [1.82, 2.24) is 4.90 Å². The van der Waals surface area contributed by atoms with Crippen LogP contribution in [0.2, 0.25) is 0 Å². The Balaban J connectivity index is 2.01. The fourth-order valence-corrected chi connectivity index (χ4v) is 5.50. The maximum absolute atomic E-state index is 13.3. The normalized spacial score (nSPS) is 14.1. The summed E-state index contributed by atoms with van der Waals surface area (Å²) in [6, 6.07) is 8.16. The molecule has 1 fully saturated rings. The van der Waals surface area contributed by atoms with Gasteiger partial charge in [0.05, 0.1) is 41.5 Å². The van der Waals surface area contributed by atoms with Crippen molar-refractivity contribution in [2.45, 2.75) is 35.5 Å². The molecule has 1 N–H and O–H groups in total. The molecular formula is C24H28N2O7S2. The number of hydrogen-bond acceptors (Lipinski definition) is 8. The second-order valence-corrected chi connectivity index (χ2v) is 10.4. The summed E-state index contributed by atoms with van der Waals surface area (Å²) in [6.07, 6.45) is 5.76. The zero-order chi connectivity index (χ0) is 25.6. The number of esters is 2. The molecule has 1 saturated heterocycles. The number of nitrogens with zero attached hydrogens (tertiary/aromatic N) is 1. The van der Waals surface area contributed by atoms with Gasteiger partial charge >= 0.3 is 11.9 Å². The van der Waals surface area contributed by atoms with E-state index in [1.165, 1.54) is 49.2 Å². The van der Waals surface area contributed by atoms with Crippen molar-refractivity contribution in [1.29, 1.82) is 0 Å². The zero-order valence-corrected chi connectivity index (χ0v) is 21.5. The third kappa shape index (κ3) is 6.15. The van der Waals surface area contributed by atoms with Crippen LogP contribution in [0.1, 0.15) is 56.8 Å². The van der Waals surface area contributed by atoms with E-state index in [1.54, 1.807) is 11.0 Å². The van der Waals surface area contributed by atoms with E-state index in [4.69, 9.17) is 9.47 Å². The third-order valence-corrected chi connectivity index (χ3v) is 7.85. The van der Waals surface area contributed by atoms with Gasteiger partial charge in [-0.2, -0.15) is 0 Å². The van der Waals surface area contributed by atoms with Crippen LogP contribution in [0.4, 0.5) is 5.69 Å². The fourth-order valence-electron chi connectivity index (χ4n) is 3.83. The van der Waals surface area contributed by atoms with E-state index in [2.05, 4.69) is 4.72 Å². The second-order valence-electron chi connectivity index (χ2n) is 7.92. The van der Waals surface area contributed by atoms with Crippen molar-refractivity contribution in [3.63, 3.8) is 0 Å². The van der Waals surface area contributed by atoms with Gasteiger partial charge in [0.2, 0.25) is 0 Å². The average Bonchev–Trinajstić information content (AvgIpc) is 3.16. The van der Waals surface area contributed by atoms with Crippen LogP contribution in [0.5, 0.6) is 0 Å². The number of benzene rings is 2. The standard InChI is InChI=1S/C24H28N2O7S2/c1-32-23(28)16-8-10-18(24(29)33-2)20(14-16)25-35(30,31)17-9-11-21(34-3)19(15-17)22(27)26-12-6-4-5-7-13-26/h8-11,14-15,25H,4-7,12-13H2,1-3H3. The topological polar surface area (TPSA) is 119 Å². The first kappa shape index (κ1) is 26.6. The quantitative estimate of drug-likeness (QED) is 0.433. The van der Waals surface area contributed by atoms with E-state index in [0.29, 0.717) is 23.5 Å². The summed E-state index contributed by atoms with van der Waals surface area (Å²) in [6.45, 7) is 1.26. The number of carbonyl (C=O) groups is 3. The van der Waals surface area contributed by atoms with Crippen LogP contribution < -0.4 is 4.72 Å². The molecule has 0 aliphatic carbocycles. The highest BCUT2D eigenvalue weighted by molar-refractivity contribution is 7.98. The molecule has 0 saturated carbocycles. The van der Waals surface area contributed by atoms with Crippen molar-refractivity contribution >= 4 is 45.3 Å². The fraction of sp³-hybridized carbons (Fsp3) is 0.375. The molecule has 0 radical (unpaired) electrons. The zero-order valence-electron chi connectivity index (χ0n) is 19.8. The number of ether oxygens (including phenoxy) is 2. The summed E-state index contributed by atoms with van der Waals surface area (Å²) in [5, 5.41) is 0. The number of likely N-dealkylation sites (tertiary alicyclic amines) is 1. The van der Waals surface area contributed by atoms with Gasteiger partial charge in [-0.3, -0.25) is 9.52 Å². The highest BCUT2D eigenvalue weighted by Crippen LogP contribution is 2.28. The van der Waals surface area contributed by atoms with Crippen molar-refractivity contribution in [2.75, 3.05) is 38.3 Å². The summed E-state index contributed by atoms with van der Waals surface area (Å²) in [7, 11) is -1.88. The lowest BCUT2D eigenvalue weighted by Gasteiger charge is -2.22. The molecule has 35 heavy (non-hydrogen) atoms. The van der Waals surface area contributed by atoms with Crippen LogP contribution >= 0.6 is 11.8 Å². The second kappa shape index (κ2) is 11.6. The number of rotatable bonds is 7. The molecule has 3 rings (SSSR count). The number of sulfonamides is 1. The molecular weight excluding hydrogens is 492 g/mol. The largest absolute Gasteiger partial charge is 0.465 e. The molecule has 1 heterocycles. The maximum atomic E-state index is 13.3. The molecule has 0 spiro atoms. The number of thioether (sulfide) groups is 1. The Hall–Kier alpha value is -3.05. The molecule has 1 aliphatic heterocycles. The SMILES string of the molecule is COC(=O)c1ccc(C(=O)OC)c(NS(=O)(=O)c2ccc(SC)c(C(=O)N3CCCCCC3)c2)c1. The summed E-state index contributed by atoms with van der Waals surface area (Å²) in [5.41, 5.74) is 0.130. The number of methoxy groups -OCH3 is 2. The van der Waals surface area contributed by atoms with Crippen molar-refractivity contribution in [3.8, 4) is 0 Å². The van der Waals surface area contributed by atoms with Gasteiger partial charge in [0, 0.05) is 18.0 Å². The lowest BCUT2D eigenvalue weighted by Crippen LogP contribution is -2.32. The number of hydrogen-bond donors (Lipinski definition) is 1. The molecule has 0 unspecified atom stereocenters. The van der Waals surface area contributed by atoms with Gasteiger partial charge in [-0.25, -0.2) is 18.0 Å². The number of amides is 1. The van der Waals surface area contributed by atoms with Crippen LogP contribution in [0.25, 0.3) is 0 Å². The van der Waals surface area contributed by atoms with Gasteiger partial charge in [0.1, 0.15) is 0 Å². The molecule has 188 valence electrons. The van der Waals surface area contributed by atoms with E-state index in [1.807, 2.05) is 6.26 Å². The first-order chi connectivity index (χ1) is 16.7. The highest BCUT2D eigenvalue weighted by Gasteiger charge is 2.25. The molecule has 2 aromatic rings. The molecule has 1 aliphatic rings. The van der Waals surface area contributed by atoms with Crippen molar-refractivity contribution < 1.29 is 32.3 Å². The minimum Gasteiger partial charge on any atom is -0.465 e. The average molecular weight is 521 g/mol. The molecule has 1 amide bonds. The van der Waals surface area contributed by atoms with E-state index in [-0.39, 0.29) is 27.6 Å². The predicted octanol–water partition coefficient (Wildman–Crippen LogP) is 3.80. The van der Waals surface area contributed by atoms with E-state index >= 15 is 0 Å². The summed E-state index contributed by atoms with van der Waals surface area (Å²) in [4.78, 5) is 39.7. The monoisotopic (exact) mass is 520 g/mol. The minimum atomic E-state index is -4.24. The van der Waals surface area contributed by atoms with Gasteiger partial charge in [-0.1, -0.05) is 12.8 Å². The Kier molecular flexibility index (Phi) is 8.79. The Morgan fingerprint density at radius 1 is 0.886 bits per heavy atom. The van der Waals surface area contributed by atoms with Crippen LogP contribution in [-0.4, -0.2) is 64.7 Å². The van der Waals surface area contributed by atoms with Crippen LogP contribution in [0.15, 0.2) is 46.2 Å². The smallest absolute Gasteiger partial charge is 0.339 e. The van der Waals surface area contributed by atoms with Gasteiger partial charge in [0.25, 0.3) is 15.9 Å². The van der Waals surface area contributed by atoms with Gasteiger partial charge in [-0.15, -0.1) is 11.8 Å². The van der Waals surface area contributed by atoms with Crippen molar-refractivity contribution in [2.24, 2.45) is 0 Å². The van der Waals surface area contributed by atoms with E-state index in [0.717, 1.165) is 32.8 Å². The van der Waals surface area contributed by atoms with E-state index in [9.17, 15) is 22.8 Å². The van der Waals surface area contributed by atoms with Gasteiger partial charge in [0.15, 0.2) is 0 Å². The van der Waals surface area contributed by atoms with Gasteiger partial charge < -0.3 is 14.4 Å². The molecule has 9 nitrogen and oxygen atoms in total. The van der Waals surface area contributed by atoms with Crippen LogP contribution in [0, 0.1) is 0 Å². The maximum Gasteiger partial charge on any atom is 0.339 e. The van der Waals surface area contributed by atoms with Crippen molar-refractivity contribution in [3.05, 3.63) is 53.1 Å². The number of anilines is 1. The Labute approximate surface area is 209 Å². The first-order valence-electron chi connectivity index (χ1n) is 11.0. The lowest BCUT2D eigenvalue weighted by molar-refractivity contribution is 0.0587. The highest BCUT2D eigenvalue weighted by atomic mass is 32.2. The van der Waals surface area contributed by atoms with Gasteiger partial charge in [-0.05, 0) is 55.5 Å². The third-order valence-electron chi connectivity index (χ3n) is 5.70. The molecule has 0 atom stereocenters. The summed E-state index contributed by atoms with van der Waals surface area (Å²) >= 11 is 1.36. The Bertz CT molecular complexity index is 1220. The lowest BCUT2D eigenvalue weighted by atomic mass is 10.1. The Morgan fingerprint density at radius 3 is 2.14 bits per heavy atom. The van der Waals surface area contributed by atoms with Crippen LogP contribution in [-0.2, 0) is 19.5 Å². The minimum absolute atomic E-state index is 0.0487. The molecule has 0 aromatic heterocycles. The van der Waals surface area contributed by atoms with E-state index < -0.39 is 22.0 Å². The number of nitrogens with one attached hydrogen (secondary N) is 1. The molecule has 0 bridgehead atoms. The Morgan fingerprint density at radius 2 is 1.54 bits per heavy atom. The first-order valence-corrected chi connectivity index (χ1v) is 13.7. The van der Waals surface area contributed by atoms with Crippen LogP contribution in [0.3, 0.4) is 0 Å². The molecule has 11 heteroatoms.